The number of rotatable bonds is 7. The SMILES string of the molecule is CC(C)C(=O)NCc1cccc2c1cnn2-c1nc2c(c(NCc3ccccc3)n1)CCNC2. The van der Waals surface area contributed by atoms with Crippen molar-refractivity contribution < 1.29 is 4.79 Å². The summed E-state index contributed by atoms with van der Waals surface area (Å²) < 4.78 is 1.78. The molecule has 3 N–H and O–H groups in total. The second-order valence-corrected chi connectivity index (χ2v) is 8.84. The van der Waals surface area contributed by atoms with Crippen molar-refractivity contribution in [2.75, 3.05) is 11.9 Å². The molecule has 1 amide bonds. The van der Waals surface area contributed by atoms with Gasteiger partial charge in [-0.05, 0) is 30.2 Å². The number of hydrogen-bond donors (Lipinski definition) is 3. The number of amides is 1. The van der Waals surface area contributed by atoms with Crippen LogP contribution in [0.1, 0.15) is 36.2 Å². The van der Waals surface area contributed by atoms with Crippen molar-refractivity contribution in [2.24, 2.45) is 5.92 Å². The first kappa shape index (κ1) is 22.0. The van der Waals surface area contributed by atoms with Gasteiger partial charge in [0.2, 0.25) is 5.91 Å². The minimum absolute atomic E-state index is 0.0315. The van der Waals surface area contributed by atoms with Gasteiger partial charge in [-0.1, -0.05) is 56.3 Å². The number of anilines is 1. The van der Waals surface area contributed by atoms with E-state index in [0.717, 1.165) is 46.5 Å². The lowest BCUT2D eigenvalue weighted by Gasteiger charge is -2.21. The topological polar surface area (TPSA) is 96.8 Å². The van der Waals surface area contributed by atoms with Crippen LogP contribution in [0.4, 0.5) is 5.82 Å². The number of benzene rings is 2. The predicted octanol–water partition coefficient (Wildman–Crippen LogP) is 3.35. The van der Waals surface area contributed by atoms with Gasteiger partial charge in [0, 0.05) is 36.5 Å². The lowest BCUT2D eigenvalue weighted by atomic mass is 10.1. The normalized spacial score (nSPS) is 13.1. The van der Waals surface area contributed by atoms with E-state index in [0.29, 0.717) is 25.6 Å². The first-order valence-corrected chi connectivity index (χ1v) is 11.7. The van der Waals surface area contributed by atoms with Crippen LogP contribution in [0.2, 0.25) is 0 Å². The number of carbonyl (C=O) groups excluding carboxylic acids is 1. The zero-order valence-corrected chi connectivity index (χ0v) is 19.5. The summed E-state index contributed by atoms with van der Waals surface area (Å²) in [6, 6.07) is 16.3. The number of fused-ring (bicyclic) bond motifs is 2. The fourth-order valence-electron chi connectivity index (χ4n) is 4.18. The molecule has 0 radical (unpaired) electrons. The molecule has 0 unspecified atom stereocenters. The summed E-state index contributed by atoms with van der Waals surface area (Å²) in [6.45, 7) is 6.54. The van der Waals surface area contributed by atoms with Crippen molar-refractivity contribution in [3.8, 4) is 5.95 Å². The van der Waals surface area contributed by atoms with E-state index >= 15 is 0 Å². The van der Waals surface area contributed by atoms with E-state index in [1.54, 1.807) is 4.68 Å². The van der Waals surface area contributed by atoms with Gasteiger partial charge in [0.05, 0.1) is 17.4 Å². The van der Waals surface area contributed by atoms with E-state index in [4.69, 9.17) is 9.97 Å². The summed E-state index contributed by atoms with van der Waals surface area (Å²) in [6.07, 6.45) is 2.70. The number of hydrogen-bond acceptors (Lipinski definition) is 6. The molecule has 0 bridgehead atoms. The highest BCUT2D eigenvalue weighted by molar-refractivity contribution is 5.84. The van der Waals surface area contributed by atoms with Crippen LogP contribution in [-0.2, 0) is 30.8 Å². The molecule has 1 aliphatic heterocycles. The van der Waals surface area contributed by atoms with E-state index in [1.807, 2.05) is 56.4 Å². The van der Waals surface area contributed by atoms with Crippen LogP contribution < -0.4 is 16.0 Å². The maximum Gasteiger partial charge on any atom is 0.253 e. The molecule has 0 aliphatic carbocycles. The molecule has 2 aromatic heterocycles. The van der Waals surface area contributed by atoms with Crippen LogP contribution >= 0.6 is 0 Å². The molecule has 34 heavy (non-hydrogen) atoms. The highest BCUT2D eigenvalue weighted by atomic mass is 16.1. The van der Waals surface area contributed by atoms with Crippen molar-refractivity contribution in [1.82, 2.24) is 30.4 Å². The molecule has 2 aromatic carbocycles. The predicted molar refractivity (Wildman–Crippen MR) is 133 cm³/mol. The van der Waals surface area contributed by atoms with Gasteiger partial charge >= 0.3 is 0 Å². The summed E-state index contributed by atoms with van der Waals surface area (Å²) in [5, 5.41) is 15.5. The Balaban J connectivity index is 1.49. The van der Waals surface area contributed by atoms with E-state index < -0.39 is 0 Å². The van der Waals surface area contributed by atoms with Crippen LogP contribution in [0.5, 0.6) is 0 Å². The molecule has 0 fully saturated rings. The summed E-state index contributed by atoms with van der Waals surface area (Å²) in [7, 11) is 0. The second-order valence-electron chi connectivity index (χ2n) is 8.84. The molecule has 0 saturated carbocycles. The monoisotopic (exact) mass is 455 g/mol. The molecule has 0 atom stereocenters. The van der Waals surface area contributed by atoms with Crippen LogP contribution in [0, 0.1) is 5.92 Å². The van der Waals surface area contributed by atoms with Crippen molar-refractivity contribution in [1.29, 1.82) is 0 Å². The number of carbonyl (C=O) groups is 1. The van der Waals surface area contributed by atoms with Gasteiger partial charge in [-0.25, -0.2) is 4.98 Å². The quantitative estimate of drug-likeness (QED) is 0.396. The maximum atomic E-state index is 12.1. The van der Waals surface area contributed by atoms with Crippen LogP contribution in [0.25, 0.3) is 16.9 Å². The molecular formula is C26H29N7O. The lowest BCUT2D eigenvalue weighted by molar-refractivity contribution is -0.124. The zero-order chi connectivity index (χ0) is 23.5. The fourth-order valence-corrected chi connectivity index (χ4v) is 4.18. The van der Waals surface area contributed by atoms with E-state index in [2.05, 4.69) is 33.2 Å². The first-order valence-electron chi connectivity index (χ1n) is 11.7. The molecule has 4 aromatic rings. The number of nitrogens with one attached hydrogen (secondary N) is 3. The minimum atomic E-state index is -0.0544. The summed E-state index contributed by atoms with van der Waals surface area (Å²) in [4.78, 5) is 21.8. The highest BCUT2D eigenvalue weighted by Gasteiger charge is 2.20. The number of nitrogens with zero attached hydrogens (tertiary/aromatic N) is 4. The average Bonchev–Trinajstić information content (AvgIpc) is 3.31. The fraction of sp³-hybridized carbons (Fsp3) is 0.308. The zero-order valence-electron chi connectivity index (χ0n) is 19.5. The Kier molecular flexibility index (Phi) is 6.22. The van der Waals surface area contributed by atoms with Crippen molar-refractivity contribution >= 4 is 22.6 Å². The Bertz CT molecular complexity index is 1310. The summed E-state index contributed by atoms with van der Waals surface area (Å²) >= 11 is 0. The molecule has 0 saturated heterocycles. The standard InChI is InChI=1S/C26H29N7O/c1-17(2)25(34)29-14-19-9-6-10-23-21(19)15-30-33(23)26-31-22-16-27-12-11-20(22)24(32-26)28-13-18-7-4-3-5-8-18/h3-10,15,17,27H,11-14,16H2,1-2H3,(H,29,34)(H,28,31,32). The summed E-state index contributed by atoms with van der Waals surface area (Å²) in [5.41, 5.74) is 5.28. The average molecular weight is 456 g/mol. The molecule has 3 heterocycles. The van der Waals surface area contributed by atoms with Gasteiger partial charge in [0.1, 0.15) is 5.82 Å². The molecular weight excluding hydrogens is 426 g/mol. The van der Waals surface area contributed by atoms with Crippen LogP contribution in [0.15, 0.2) is 54.7 Å². The lowest BCUT2D eigenvalue weighted by Crippen LogP contribution is -2.27. The molecule has 5 rings (SSSR count). The Hall–Kier alpha value is -3.78. The van der Waals surface area contributed by atoms with Crippen molar-refractivity contribution in [3.05, 3.63) is 77.1 Å². The van der Waals surface area contributed by atoms with Crippen molar-refractivity contribution in [3.63, 3.8) is 0 Å². The molecule has 8 nitrogen and oxygen atoms in total. The minimum Gasteiger partial charge on any atom is -0.366 e. The molecule has 174 valence electrons. The van der Waals surface area contributed by atoms with Gasteiger partial charge in [-0.3, -0.25) is 4.79 Å². The van der Waals surface area contributed by atoms with Crippen LogP contribution in [0.3, 0.4) is 0 Å². The molecule has 1 aliphatic rings. The van der Waals surface area contributed by atoms with Gasteiger partial charge in [0.15, 0.2) is 0 Å². The summed E-state index contributed by atoms with van der Waals surface area (Å²) in [5.74, 6) is 1.37. The number of aromatic nitrogens is 4. The third kappa shape index (κ3) is 4.49. The Morgan fingerprint density at radius 3 is 2.76 bits per heavy atom. The third-order valence-electron chi connectivity index (χ3n) is 6.10. The third-order valence-corrected chi connectivity index (χ3v) is 6.10. The van der Waals surface area contributed by atoms with E-state index in [-0.39, 0.29) is 11.8 Å². The molecule has 8 heteroatoms. The van der Waals surface area contributed by atoms with Gasteiger partial charge in [-0.15, -0.1) is 0 Å². The second kappa shape index (κ2) is 9.61. The largest absolute Gasteiger partial charge is 0.366 e. The Morgan fingerprint density at radius 2 is 1.94 bits per heavy atom. The van der Waals surface area contributed by atoms with Crippen LogP contribution in [-0.4, -0.2) is 32.2 Å². The van der Waals surface area contributed by atoms with Gasteiger partial charge < -0.3 is 16.0 Å². The van der Waals surface area contributed by atoms with Gasteiger partial charge in [-0.2, -0.15) is 14.8 Å². The Morgan fingerprint density at radius 1 is 1.09 bits per heavy atom. The Labute approximate surface area is 198 Å². The maximum absolute atomic E-state index is 12.1. The van der Waals surface area contributed by atoms with Crippen molar-refractivity contribution in [2.45, 2.75) is 39.9 Å². The van der Waals surface area contributed by atoms with E-state index in [1.165, 1.54) is 5.56 Å². The first-order chi connectivity index (χ1) is 16.6. The highest BCUT2D eigenvalue weighted by Crippen LogP contribution is 2.25. The van der Waals surface area contributed by atoms with E-state index in [9.17, 15) is 4.79 Å². The van der Waals surface area contributed by atoms with Gasteiger partial charge in [0.25, 0.3) is 5.95 Å². The molecule has 0 spiro atoms. The smallest absolute Gasteiger partial charge is 0.253 e.